The first-order valence-corrected chi connectivity index (χ1v) is 6.65. The molecule has 1 heterocycles. The first-order valence-electron chi connectivity index (χ1n) is 5.86. The second kappa shape index (κ2) is 5.89. The molecular formula is C15H14BrNO2. The zero-order chi connectivity index (χ0) is 13.8. The monoisotopic (exact) mass is 319 g/mol. The molecule has 0 unspecified atom stereocenters. The lowest BCUT2D eigenvalue weighted by Gasteiger charge is -2.04. The number of aryl methyl sites for hydroxylation is 2. The molecule has 0 aliphatic rings. The molecule has 0 bridgehead atoms. The Bertz CT molecular complexity index is 629. The SMILES string of the molecule is Cc1ccc(C=CC(=O)Nc2ccc(C)c(Br)c2)o1. The summed E-state index contributed by atoms with van der Waals surface area (Å²) in [5.41, 5.74) is 1.88. The van der Waals surface area contributed by atoms with Gasteiger partial charge in [0.05, 0.1) is 0 Å². The Labute approximate surface area is 120 Å². The van der Waals surface area contributed by atoms with Crippen LogP contribution < -0.4 is 5.32 Å². The Morgan fingerprint density at radius 2 is 2.05 bits per heavy atom. The van der Waals surface area contributed by atoms with Crippen molar-refractivity contribution >= 4 is 33.6 Å². The van der Waals surface area contributed by atoms with Gasteiger partial charge in [-0.15, -0.1) is 0 Å². The number of halogens is 1. The molecular weight excluding hydrogens is 306 g/mol. The van der Waals surface area contributed by atoms with Gasteiger partial charge in [0.1, 0.15) is 11.5 Å². The minimum Gasteiger partial charge on any atom is -0.462 e. The number of carbonyl (C=O) groups is 1. The number of anilines is 1. The van der Waals surface area contributed by atoms with Gasteiger partial charge in [-0.05, 0) is 49.8 Å². The van der Waals surface area contributed by atoms with Crippen molar-refractivity contribution in [3.63, 3.8) is 0 Å². The van der Waals surface area contributed by atoms with Crippen LogP contribution in [-0.4, -0.2) is 5.91 Å². The maximum absolute atomic E-state index is 11.7. The zero-order valence-electron chi connectivity index (χ0n) is 10.7. The Hall–Kier alpha value is -1.81. The van der Waals surface area contributed by atoms with Gasteiger partial charge in [-0.1, -0.05) is 22.0 Å². The Kier molecular flexibility index (Phi) is 4.22. The summed E-state index contributed by atoms with van der Waals surface area (Å²) in [6, 6.07) is 9.36. The van der Waals surface area contributed by atoms with Gasteiger partial charge in [-0.2, -0.15) is 0 Å². The normalized spacial score (nSPS) is 10.9. The second-order valence-electron chi connectivity index (χ2n) is 4.23. The molecule has 0 aliphatic carbocycles. The third-order valence-corrected chi connectivity index (χ3v) is 3.45. The Morgan fingerprint density at radius 3 is 2.68 bits per heavy atom. The van der Waals surface area contributed by atoms with Crippen molar-refractivity contribution in [1.29, 1.82) is 0 Å². The number of furan rings is 1. The third kappa shape index (κ3) is 3.83. The van der Waals surface area contributed by atoms with Crippen molar-refractivity contribution < 1.29 is 9.21 Å². The highest BCUT2D eigenvalue weighted by Crippen LogP contribution is 2.20. The van der Waals surface area contributed by atoms with Gasteiger partial charge in [0.15, 0.2) is 0 Å². The van der Waals surface area contributed by atoms with E-state index >= 15 is 0 Å². The van der Waals surface area contributed by atoms with Crippen LogP contribution in [0.15, 0.2) is 45.3 Å². The molecule has 3 nitrogen and oxygen atoms in total. The number of amides is 1. The number of rotatable bonds is 3. The maximum atomic E-state index is 11.7. The van der Waals surface area contributed by atoms with E-state index in [4.69, 9.17) is 4.42 Å². The molecule has 2 aromatic rings. The third-order valence-electron chi connectivity index (χ3n) is 2.60. The summed E-state index contributed by atoms with van der Waals surface area (Å²) in [5.74, 6) is 1.30. The minimum absolute atomic E-state index is 0.190. The zero-order valence-corrected chi connectivity index (χ0v) is 12.3. The van der Waals surface area contributed by atoms with Crippen molar-refractivity contribution in [3.05, 3.63) is 58.0 Å². The van der Waals surface area contributed by atoms with Crippen LogP contribution in [-0.2, 0) is 4.79 Å². The lowest BCUT2D eigenvalue weighted by atomic mass is 10.2. The van der Waals surface area contributed by atoms with Gasteiger partial charge < -0.3 is 9.73 Å². The summed E-state index contributed by atoms with van der Waals surface area (Å²) in [6.45, 7) is 3.86. The van der Waals surface area contributed by atoms with Crippen molar-refractivity contribution in [3.8, 4) is 0 Å². The van der Waals surface area contributed by atoms with E-state index in [0.717, 1.165) is 21.5 Å². The van der Waals surface area contributed by atoms with Crippen LogP contribution in [0.2, 0.25) is 0 Å². The Balaban J connectivity index is 2.01. The van der Waals surface area contributed by atoms with E-state index in [1.165, 1.54) is 6.08 Å². The molecule has 0 saturated heterocycles. The number of benzene rings is 1. The first-order chi connectivity index (χ1) is 9.04. The molecule has 1 N–H and O–H groups in total. The molecule has 0 aliphatic heterocycles. The molecule has 1 aromatic heterocycles. The van der Waals surface area contributed by atoms with Gasteiger partial charge >= 0.3 is 0 Å². The van der Waals surface area contributed by atoms with Crippen molar-refractivity contribution in [1.82, 2.24) is 0 Å². The molecule has 0 fully saturated rings. The van der Waals surface area contributed by atoms with Gasteiger partial charge in [0, 0.05) is 16.2 Å². The summed E-state index contributed by atoms with van der Waals surface area (Å²) in [4.78, 5) is 11.7. The molecule has 98 valence electrons. The molecule has 1 amide bonds. The molecule has 0 saturated carbocycles. The highest BCUT2D eigenvalue weighted by molar-refractivity contribution is 9.10. The summed E-state index contributed by atoms with van der Waals surface area (Å²) in [6.07, 6.45) is 3.09. The van der Waals surface area contributed by atoms with Crippen LogP contribution in [0.3, 0.4) is 0 Å². The smallest absolute Gasteiger partial charge is 0.248 e. The highest BCUT2D eigenvalue weighted by atomic mass is 79.9. The van der Waals surface area contributed by atoms with Gasteiger partial charge in [0.2, 0.25) is 5.91 Å². The van der Waals surface area contributed by atoms with E-state index in [2.05, 4.69) is 21.2 Å². The van der Waals surface area contributed by atoms with E-state index in [9.17, 15) is 4.79 Å². The molecule has 1 aromatic carbocycles. The number of nitrogens with one attached hydrogen (secondary N) is 1. The Morgan fingerprint density at radius 1 is 1.26 bits per heavy atom. The predicted octanol–water partition coefficient (Wildman–Crippen LogP) is 4.31. The first kappa shape index (κ1) is 13.6. The lowest BCUT2D eigenvalue weighted by Crippen LogP contribution is -2.07. The number of carbonyl (C=O) groups excluding carboxylic acids is 1. The molecule has 4 heteroatoms. The molecule has 0 radical (unpaired) electrons. The fourth-order valence-electron chi connectivity index (χ4n) is 1.56. The highest BCUT2D eigenvalue weighted by Gasteiger charge is 2.01. The van der Waals surface area contributed by atoms with Crippen LogP contribution in [0, 0.1) is 13.8 Å². The lowest BCUT2D eigenvalue weighted by molar-refractivity contribution is -0.111. The van der Waals surface area contributed by atoms with Crippen LogP contribution in [0.4, 0.5) is 5.69 Å². The largest absolute Gasteiger partial charge is 0.462 e. The van der Waals surface area contributed by atoms with Crippen molar-refractivity contribution in [2.75, 3.05) is 5.32 Å². The quantitative estimate of drug-likeness (QED) is 0.856. The summed E-state index contributed by atoms with van der Waals surface area (Å²) >= 11 is 3.43. The topological polar surface area (TPSA) is 42.2 Å². The van der Waals surface area contributed by atoms with Gasteiger partial charge in [-0.3, -0.25) is 4.79 Å². The van der Waals surface area contributed by atoms with E-state index in [1.54, 1.807) is 6.08 Å². The standard InChI is InChI=1S/C15H14BrNO2/c1-10-3-5-12(9-14(10)16)17-15(18)8-7-13-6-4-11(2)19-13/h3-9H,1-2H3,(H,17,18). The van der Waals surface area contributed by atoms with Crippen LogP contribution in [0.5, 0.6) is 0 Å². The minimum atomic E-state index is -0.190. The average molecular weight is 320 g/mol. The fourth-order valence-corrected chi connectivity index (χ4v) is 1.93. The van der Waals surface area contributed by atoms with E-state index in [-0.39, 0.29) is 5.91 Å². The molecule has 0 spiro atoms. The number of hydrogen-bond acceptors (Lipinski definition) is 2. The van der Waals surface area contributed by atoms with Crippen LogP contribution in [0.25, 0.3) is 6.08 Å². The summed E-state index contributed by atoms with van der Waals surface area (Å²) in [7, 11) is 0. The van der Waals surface area contributed by atoms with Crippen molar-refractivity contribution in [2.24, 2.45) is 0 Å². The fraction of sp³-hybridized carbons (Fsp3) is 0.133. The van der Waals surface area contributed by atoms with Crippen molar-refractivity contribution in [2.45, 2.75) is 13.8 Å². The molecule has 0 atom stereocenters. The van der Waals surface area contributed by atoms with Gasteiger partial charge in [0.25, 0.3) is 0 Å². The summed E-state index contributed by atoms with van der Waals surface area (Å²) in [5, 5.41) is 2.79. The predicted molar refractivity (Wildman–Crippen MR) is 80.0 cm³/mol. The summed E-state index contributed by atoms with van der Waals surface area (Å²) < 4.78 is 6.31. The van der Waals surface area contributed by atoms with Crippen LogP contribution >= 0.6 is 15.9 Å². The number of hydrogen-bond donors (Lipinski definition) is 1. The van der Waals surface area contributed by atoms with Crippen LogP contribution in [0.1, 0.15) is 17.1 Å². The van der Waals surface area contributed by atoms with Gasteiger partial charge in [-0.25, -0.2) is 0 Å². The van der Waals surface area contributed by atoms with E-state index in [0.29, 0.717) is 5.76 Å². The second-order valence-corrected chi connectivity index (χ2v) is 5.09. The maximum Gasteiger partial charge on any atom is 0.248 e. The molecule has 2 rings (SSSR count). The molecule has 19 heavy (non-hydrogen) atoms. The van der Waals surface area contributed by atoms with E-state index in [1.807, 2.05) is 44.2 Å². The average Bonchev–Trinajstić information content (AvgIpc) is 2.77. The van der Waals surface area contributed by atoms with E-state index < -0.39 is 0 Å².